The van der Waals surface area contributed by atoms with Crippen LogP contribution in [0.1, 0.15) is 44.2 Å². The first-order chi connectivity index (χ1) is 11.2. The van der Waals surface area contributed by atoms with E-state index in [0.717, 1.165) is 18.4 Å². The topological polar surface area (TPSA) is 69.0 Å². The predicted molar refractivity (Wildman–Crippen MR) is 85.9 cm³/mol. The van der Waals surface area contributed by atoms with E-state index in [2.05, 4.69) is 15.3 Å². The third-order valence-electron chi connectivity index (χ3n) is 4.24. The Bertz CT molecular complexity index is 636. The van der Waals surface area contributed by atoms with Crippen LogP contribution in [0.2, 0.25) is 0 Å². The van der Waals surface area contributed by atoms with Crippen molar-refractivity contribution < 1.29 is 9.53 Å². The van der Waals surface area contributed by atoms with Gasteiger partial charge in [-0.05, 0) is 38.7 Å². The summed E-state index contributed by atoms with van der Waals surface area (Å²) in [5.41, 5.74) is 0.908. The molecule has 1 aliphatic carbocycles. The number of carbonyl (C=O) groups is 1. The summed E-state index contributed by atoms with van der Waals surface area (Å²) in [5, 5.41) is 2.94. The first kappa shape index (κ1) is 15.5. The van der Waals surface area contributed by atoms with Crippen molar-refractivity contribution in [3.8, 4) is 5.88 Å². The molecule has 122 valence electrons. The molecule has 1 fully saturated rings. The van der Waals surface area contributed by atoms with Crippen LogP contribution >= 0.6 is 0 Å². The Morgan fingerprint density at radius 3 is 3.00 bits per heavy atom. The maximum atomic E-state index is 12.2. The van der Waals surface area contributed by atoms with Gasteiger partial charge < -0.3 is 14.6 Å². The average molecular weight is 314 g/mol. The maximum absolute atomic E-state index is 12.2. The number of nitrogens with zero attached hydrogens (tertiary/aromatic N) is 3. The lowest BCUT2D eigenvalue weighted by atomic mass is 10.2. The van der Waals surface area contributed by atoms with Crippen LogP contribution in [0.5, 0.6) is 5.88 Å². The smallest absolute Gasteiger partial charge is 0.243 e. The minimum absolute atomic E-state index is 0.0568. The molecule has 6 heteroatoms. The van der Waals surface area contributed by atoms with E-state index in [1.54, 1.807) is 29.5 Å². The molecule has 0 aliphatic heterocycles. The van der Waals surface area contributed by atoms with Crippen molar-refractivity contribution in [3.05, 3.63) is 42.6 Å². The summed E-state index contributed by atoms with van der Waals surface area (Å²) in [6, 6.07) is 3.51. The molecule has 1 unspecified atom stereocenters. The highest BCUT2D eigenvalue weighted by atomic mass is 16.5. The average Bonchev–Trinajstić information content (AvgIpc) is 3.26. The van der Waals surface area contributed by atoms with Gasteiger partial charge in [0, 0.05) is 30.7 Å². The fraction of sp³-hybridized carbons (Fsp3) is 0.471. The molecule has 0 radical (unpaired) electrons. The van der Waals surface area contributed by atoms with Gasteiger partial charge in [-0.1, -0.05) is 6.07 Å². The number of hydrogen-bond acceptors (Lipinski definition) is 4. The summed E-state index contributed by atoms with van der Waals surface area (Å²) < 4.78 is 7.77. The molecule has 3 rings (SSSR count). The Hall–Kier alpha value is -2.37. The second-order valence-corrected chi connectivity index (χ2v) is 5.90. The molecule has 2 aromatic rings. The molecular weight excluding hydrogens is 292 g/mol. The zero-order valence-corrected chi connectivity index (χ0v) is 13.3. The molecule has 1 saturated carbocycles. The number of ether oxygens (including phenoxy) is 1. The molecule has 23 heavy (non-hydrogen) atoms. The second kappa shape index (κ2) is 7.26. The lowest BCUT2D eigenvalue weighted by molar-refractivity contribution is -0.124. The Balaban J connectivity index is 1.60. The highest BCUT2D eigenvalue weighted by Gasteiger charge is 2.19. The van der Waals surface area contributed by atoms with Gasteiger partial charge in [0.15, 0.2) is 0 Å². The molecular formula is C17H22N4O2. The Morgan fingerprint density at radius 1 is 1.43 bits per heavy atom. The van der Waals surface area contributed by atoms with Crippen LogP contribution in [0.25, 0.3) is 0 Å². The zero-order valence-electron chi connectivity index (χ0n) is 13.3. The highest BCUT2D eigenvalue weighted by Crippen LogP contribution is 2.25. The standard InChI is InChI=1S/C17H22N4O2/c1-13(21-10-9-18-12-21)16(22)20-11-14-5-4-8-19-17(14)23-15-6-2-3-7-15/h4-5,8-10,12-13,15H,2-3,6-7,11H2,1H3,(H,20,22). The largest absolute Gasteiger partial charge is 0.474 e. The summed E-state index contributed by atoms with van der Waals surface area (Å²) in [5.74, 6) is 0.577. The third-order valence-corrected chi connectivity index (χ3v) is 4.24. The molecule has 1 amide bonds. The Kier molecular flexibility index (Phi) is 4.90. The van der Waals surface area contributed by atoms with E-state index in [-0.39, 0.29) is 18.1 Å². The number of pyridine rings is 1. The van der Waals surface area contributed by atoms with E-state index < -0.39 is 0 Å². The lowest BCUT2D eigenvalue weighted by Crippen LogP contribution is -2.30. The summed E-state index contributed by atoms with van der Waals surface area (Å²) in [4.78, 5) is 20.5. The van der Waals surface area contributed by atoms with Crippen molar-refractivity contribution in [3.63, 3.8) is 0 Å². The van der Waals surface area contributed by atoms with Gasteiger partial charge >= 0.3 is 0 Å². The van der Waals surface area contributed by atoms with Crippen molar-refractivity contribution in [1.29, 1.82) is 0 Å². The van der Waals surface area contributed by atoms with Gasteiger partial charge in [0.2, 0.25) is 11.8 Å². The van der Waals surface area contributed by atoms with E-state index in [0.29, 0.717) is 12.4 Å². The molecule has 0 bridgehead atoms. The van der Waals surface area contributed by atoms with Crippen LogP contribution in [-0.2, 0) is 11.3 Å². The van der Waals surface area contributed by atoms with Crippen molar-refractivity contribution in [2.24, 2.45) is 0 Å². The van der Waals surface area contributed by atoms with Crippen LogP contribution in [0.15, 0.2) is 37.1 Å². The number of nitrogens with one attached hydrogen (secondary N) is 1. The van der Waals surface area contributed by atoms with Gasteiger partial charge in [0.05, 0.1) is 6.33 Å². The van der Waals surface area contributed by atoms with Crippen LogP contribution in [0.3, 0.4) is 0 Å². The first-order valence-electron chi connectivity index (χ1n) is 8.10. The normalized spacial score (nSPS) is 16.2. The third kappa shape index (κ3) is 3.88. The van der Waals surface area contributed by atoms with Gasteiger partial charge in [0.25, 0.3) is 0 Å². The molecule has 2 heterocycles. The van der Waals surface area contributed by atoms with Crippen LogP contribution in [-0.4, -0.2) is 26.5 Å². The SMILES string of the molecule is CC(C(=O)NCc1cccnc1OC1CCCC1)n1ccnc1. The minimum Gasteiger partial charge on any atom is -0.474 e. The first-order valence-corrected chi connectivity index (χ1v) is 8.10. The zero-order chi connectivity index (χ0) is 16.1. The predicted octanol–water partition coefficient (Wildman–Crippen LogP) is 2.48. The maximum Gasteiger partial charge on any atom is 0.243 e. The second-order valence-electron chi connectivity index (χ2n) is 5.90. The summed E-state index contributed by atoms with van der Waals surface area (Å²) in [7, 11) is 0. The fourth-order valence-electron chi connectivity index (χ4n) is 2.79. The molecule has 0 spiro atoms. The van der Waals surface area contributed by atoms with Crippen LogP contribution < -0.4 is 10.1 Å². The molecule has 1 atom stereocenters. The van der Waals surface area contributed by atoms with Crippen molar-refractivity contribution in [2.75, 3.05) is 0 Å². The van der Waals surface area contributed by atoms with Gasteiger partial charge in [-0.25, -0.2) is 9.97 Å². The summed E-state index contributed by atoms with van der Waals surface area (Å²) in [6.45, 7) is 2.25. The number of hydrogen-bond donors (Lipinski definition) is 1. The number of imidazole rings is 1. The van der Waals surface area contributed by atoms with E-state index in [1.165, 1.54) is 12.8 Å². The number of carbonyl (C=O) groups excluding carboxylic acids is 1. The van der Waals surface area contributed by atoms with Crippen LogP contribution in [0, 0.1) is 0 Å². The summed E-state index contributed by atoms with van der Waals surface area (Å²) in [6.07, 6.45) is 11.7. The Morgan fingerprint density at radius 2 is 2.26 bits per heavy atom. The molecule has 0 aromatic carbocycles. The number of aromatic nitrogens is 3. The highest BCUT2D eigenvalue weighted by molar-refractivity contribution is 5.79. The van der Waals surface area contributed by atoms with Crippen molar-refractivity contribution in [2.45, 2.75) is 51.3 Å². The van der Waals surface area contributed by atoms with E-state index in [9.17, 15) is 4.79 Å². The number of rotatable bonds is 6. The monoisotopic (exact) mass is 314 g/mol. The number of amides is 1. The molecule has 1 N–H and O–H groups in total. The van der Waals surface area contributed by atoms with Crippen molar-refractivity contribution in [1.82, 2.24) is 19.9 Å². The molecule has 6 nitrogen and oxygen atoms in total. The summed E-state index contributed by atoms with van der Waals surface area (Å²) >= 11 is 0. The van der Waals surface area contributed by atoms with Gasteiger partial charge in [-0.2, -0.15) is 0 Å². The van der Waals surface area contributed by atoms with E-state index >= 15 is 0 Å². The quantitative estimate of drug-likeness (QED) is 0.889. The minimum atomic E-state index is -0.298. The van der Waals surface area contributed by atoms with Gasteiger partial charge in [0.1, 0.15) is 12.1 Å². The van der Waals surface area contributed by atoms with Crippen molar-refractivity contribution >= 4 is 5.91 Å². The molecule has 1 aliphatic rings. The Labute approximate surface area is 135 Å². The van der Waals surface area contributed by atoms with Gasteiger partial charge in [-0.15, -0.1) is 0 Å². The molecule has 0 saturated heterocycles. The lowest BCUT2D eigenvalue weighted by Gasteiger charge is -2.17. The fourth-order valence-corrected chi connectivity index (χ4v) is 2.79. The van der Waals surface area contributed by atoms with Crippen LogP contribution in [0.4, 0.5) is 0 Å². The van der Waals surface area contributed by atoms with E-state index in [1.807, 2.05) is 19.1 Å². The van der Waals surface area contributed by atoms with E-state index in [4.69, 9.17) is 4.74 Å². The van der Waals surface area contributed by atoms with Gasteiger partial charge in [-0.3, -0.25) is 4.79 Å². The molecule has 2 aromatic heterocycles.